The van der Waals surface area contributed by atoms with Crippen molar-refractivity contribution in [2.45, 2.75) is 40.2 Å². The van der Waals surface area contributed by atoms with E-state index in [1.807, 2.05) is 51.1 Å². The highest BCUT2D eigenvalue weighted by Crippen LogP contribution is 2.23. The molecule has 31 heavy (non-hydrogen) atoms. The number of anilines is 1. The first kappa shape index (κ1) is 21.8. The molecule has 0 aliphatic rings. The van der Waals surface area contributed by atoms with Crippen molar-refractivity contribution in [3.63, 3.8) is 0 Å². The van der Waals surface area contributed by atoms with E-state index in [1.165, 1.54) is 0 Å². The van der Waals surface area contributed by atoms with Crippen LogP contribution in [0.1, 0.15) is 36.2 Å². The number of carbonyl (C=O) groups is 1. The van der Waals surface area contributed by atoms with Crippen LogP contribution < -0.4 is 15.6 Å². The first-order valence-electron chi connectivity index (χ1n) is 10.1. The predicted molar refractivity (Wildman–Crippen MR) is 118 cm³/mol. The Morgan fingerprint density at radius 2 is 1.87 bits per heavy atom. The zero-order chi connectivity index (χ0) is 22.4. The molecule has 0 saturated carbocycles. The molecular formula is C24H24N4O3. The smallest absolute Gasteiger partial charge is 0.285 e. The van der Waals surface area contributed by atoms with E-state index in [1.54, 1.807) is 24.3 Å². The minimum Gasteiger partial charge on any atom is -0.457 e. The van der Waals surface area contributed by atoms with Crippen molar-refractivity contribution in [2.75, 3.05) is 5.32 Å². The number of aryl methyl sites for hydroxylation is 2. The van der Waals surface area contributed by atoms with E-state index in [2.05, 4.69) is 10.4 Å². The molecule has 1 aromatic heterocycles. The lowest BCUT2D eigenvalue weighted by Gasteiger charge is -2.12. The lowest BCUT2D eigenvalue weighted by molar-refractivity contribution is -0.117. The second-order valence-electron chi connectivity index (χ2n) is 7.07. The predicted octanol–water partition coefficient (Wildman–Crippen LogP) is 3.98. The fourth-order valence-electron chi connectivity index (χ4n) is 3.30. The van der Waals surface area contributed by atoms with Crippen LogP contribution in [0.25, 0.3) is 0 Å². The molecule has 0 saturated heterocycles. The van der Waals surface area contributed by atoms with Crippen LogP contribution in [0.15, 0.2) is 53.3 Å². The molecule has 158 valence electrons. The highest BCUT2D eigenvalue weighted by atomic mass is 16.5. The highest BCUT2D eigenvalue weighted by Gasteiger charge is 2.16. The molecule has 0 aliphatic heterocycles. The molecule has 0 fully saturated rings. The van der Waals surface area contributed by atoms with E-state index in [0.29, 0.717) is 35.5 Å². The van der Waals surface area contributed by atoms with Gasteiger partial charge in [0.15, 0.2) is 0 Å². The van der Waals surface area contributed by atoms with Crippen molar-refractivity contribution in [2.24, 2.45) is 0 Å². The molecule has 1 heterocycles. The van der Waals surface area contributed by atoms with Gasteiger partial charge in [0.05, 0.1) is 5.69 Å². The third-order valence-corrected chi connectivity index (χ3v) is 4.80. The van der Waals surface area contributed by atoms with Gasteiger partial charge in [0.2, 0.25) is 5.91 Å². The monoisotopic (exact) mass is 416 g/mol. The number of aromatic nitrogens is 2. The Hall–Kier alpha value is -3.92. The van der Waals surface area contributed by atoms with Gasteiger partial charge in [-0.2, -0.15) is 10.4 Å². The fraction of sp³-hybridized carbons (Fsp3) is 0.250. The largest absolute Gasteiger partial charge is 0.457 e. The molecule has 0 spiro atoms. The number of rotatable bonds is 7. The van der Waals surface area contributed by atoms with Gasteiger partial charge >= 0.3 is 0 Å². The molecule has 0 atom stereocenters. The fourth-order valence-corrected chi connectivity index (χ4v) is 3.30. The number of hydrogen-bond acceptors (Lipinski definition) is 5. The number of nitrogens with zero attached hydrogens (tertiary/aromatic N) is 3. The first-order valence-corrected chi connectivity index (χ1v) is 10.1. The first-order chi connectivity index (χ1) is 14.9. The van der Waals surface area contributed by atoms with Crippen molar-refractivity contribution in [3.8, 4) is 17.6 Å². The van der Waals surface area contributed by atoms with Gasteiger partial charge in [0.1, 0.15) is 29.7 Å². The van der Waals surface area contributed by atoms with Gasteiger partial charge in [0, 0.05) is 5.69 Å². The summed E-state index contributed by atoms with van der Waals surface area (Å²) in [6, 6.07) is 16.6. The number of nitriles is 1. The maximum absolute atomic E-state index is 12.6. The lowest BCUT2D eigenvalue weighted by atomic mass is 10.0. The number of ether oxygens (including phenoxy) is 1. The van der Waals surface area contributed by atoms with Crippen molar-refractivity contribution in [1.82, 2.24) is 9.78 Å². The van der Waals surface area contributed by atoms with E-state index < -0.39 is 11.5 Å². The third-order valence-electron chi connectivity index (χ3n) is 4.80. The van der Waals surface area contributed by atoms with Crippen molar-refractivity contribution < 1.29 is 9.53 Å². The van der Waals surface area contributed by atoms with Crippen LogP contribution in [0.3, 0.4) is 0 Å². The van der Waals surface area contributed by atoms with Gasteiger partial charge in [-0.25, -0.2) is 4.68 Å². The van der Waals surface area contributed by atoms with E-state index in [0.717, 1.165) is 16.0 Å². The van der Waals surface area contributed by atoms with Gasteiger partial charge in [-0.3, -0.25) is 9.59 Å². The second-order valence-corrected chi connectivity index (χ2v) is 7.07. The normalized spacial score (nSPS) is 10.4. The average Bonchev–Trinajstić information content (AvgIpc) is 2.76. The van der Waals surface area contributed by atoms with Crippen molar-refractivity contribution in [3.05, 3.63) is 81.3 Å². The molecule has 7 heteroatoms. The Morgan fingerprint density at radius 1 is 1.13 bits per heavy atom. The number of hydrogen-bond donors (Lipinski definition) is 1. The number of amides is 1. The number of nitrogens with one attached hydrogen (secondary N) is 1. The minimum atomic E-state index is -0.548. The molecule has 7 nitrogen and oxygen atoms in total. The summed E-state index contributed by atoms with van der Waals surface area (Å²) in [6.45, 7) is 5.49. The molecule has 1 amide bonds. The molecule has 1 N–H and O–H groups in total. The molecule has 0 unspecified atom stereocenters. The molecule has 0 aliphatic carbocycles. The van der Waals surface area contributed by atoms with Crippen LogP contribution in [0.4, 0.5) is 5.69 Å². The van der Waals surface area contributed by atoms with Crippen molar-refractivity contribution in [1.29, 1.82) is 5.26 Å². The molecule has 3 aromatic rings. The van der Waals surface area contributed by atoms with Gasteiger partial charge < -0.3 is 10.1 Å². The SMILES string of the molecule is CCc1nn(CC(=O)Nc2ccc(Oc3cccc(C)c3)cc2)c(=O)c(C#N)c1CC. The zero-order valence-electron chi connectivity index (χ0n) is 17.8. The maximum Gasteiger partial charge on any atom is 0.285 e. The van der Waals surface area contributed by atoms with E-state index in [4.69, 9.17) is 4.74 Å². The number of benzene rings is 2. The summed E-state index contributed by atoms with van der Waals surface area (Å²) >= 11 is 0. The molecule has 2 aromatic carbocycles. The maximum atomic E-state index is 12.6. The van der Waals surface area contributed by atoms with Gasteiger partial charge in [-0.15, -0.1) is 0 Å². The Labute approximate surface area is 180 Å². The summed E-state index contributed by atoms with van der Waals surface area (Å²) in [4.78, 5) is 25.0. The van der Waals surface area contributed by atoms with Crippen LogP contribution >= 0.6 is 0 Å². The summed E-state index contributed by atoms with van der Waals surface area (Å²) in [7, 11) is 0. The number of carbonyl (C=O) groups excluding carboxylic acids is 1. The summed E-state index contributed by atoms with van der Waals surface area (Å²) in [5.41, 5.74) is 2.48. The average molecular weight is 416 g/mol. The lowest BCUT2D eigenvalue weighted by Crippen LogP contribution is -2.33. The van der Waals surface area contributed by atoms with E-state index in [9.17, 15) is 14.9 Å². The van der Waals surface area contributed by atoms with Crippen LogP contribution in [-0.2, 0) is 24.2 Å². The minimum absolute atomic E-state index is 0.0554. The van der Waals surface area contributed by atoms with Crippen LogP contribution in [0, 0.1) is 18.3 Å². The second kappa shape index (κ2) is 9.72. The van der Waals surface area contributed by atoms with Crippen LogP contribution in [0.5, 0.6) is 11.5 Å². The summed E-state index contributed by atoms with van der Waals surface area (Å²) in [5.74, 6) is 0.970. The van der Waals surface area contributed by atoms with E-state index >= 15 is 0 Å². The van der Waals surface area contributed by atoms with E-state index in [-0.39, 0.29) is 12.1 Å². The van der Waals surface area contributed by atoms with Crippen LogP contribution in [-0.4, -0.2) is 15.7 Å². The molecule has 0 radical (unpaired) electrons. The highest BCUT2D eigenvalue weighted by molar-refractivity contribution is 5.90. The summed E-state index contributed by atoms with van der Waals surface area (Å²) in [6.07, 6.45) is 1.11. The van der Waals surface area contributed by atoms with Crippen molar-refractivity contribution >= 4 is 11.6 Å². The third kappa shape index (κ3) is 5.17. The topological polar surface area (TPSA) is 97.0 Å². The Kier molecular flexibility index (Phi) is 6.83. The van der Waals surface area contributed by atoms with Gasteiger partial charge in [-0.05, 0) is 67.3 Å². The molecular weight excluding hydrogens is 392 g/mol. The van der Waals surface area contributed by atoms with Gasteiger partial charge in [-0.1, -0.05) is 26.0 Å². The zero-order valence-corrected chi connectivity index (χ0v) is 17.8. The molecule has 0 bridgehead atoms. The Morgan fingerprint density at radius 3 is 2.48 bits per heavy atom. The quantitative estimate of drug-likeness (QED) is 0.628. The standard InChI is InChI=1S/C24H24N4O3/c1-4-20-21(14-25)24(30)28(27-22(20)5-2)15-23(29)26-17-9-11-18(12-10-17)31-19-8-6-7-16(3)13-19/h6-13H,4-5,15H2,1-3H3,(H,26,29). The van der Waals surface area contributed by atoms with Crippen LogP contribution in [0.2, 0.25) is 0 Å². The molecule has 3 rings (SSSR count). The Balaban J connectivity index is 1.71. The summed E-state index contributed by atoms with van der Waals surface area (Å²) < 4.78 is 6.86. The summed E-state index contributed by atoms with van der Waals surface area (Å²) in [5, 5.41) is 16.4. The Bertz CT molecular complexity index is 1190. The van der Waals surface area contributed by atoms with Gasteiger partial charge in [0.25, 0.3) is 5.56 Å².